The van der Waals surface area contributed by atoms with Gasteiger partial charge in [0.2, 0.25) is 0 Å². The number of carboxylic acid groups (broad SMARTS) is 1. The molecule has 0 aliphatic heterocycles. The Balaban J connectivity index is 4.22. The van der Waals surface area contributed by atoms with Gasteiger partial charge in [-0.1, -0.05) is 0 Å². The van der Waals surface area contributed by atoms with E-state index in [1.807, 2.05) is 4.90 Å². The van der Waals surface area contributed by atoms with Gasteiger partial charge in [0.15, 0.2) is 0 Å². The lowest BCUT2D eigenvalue weighted by Crippen LogP contribution is -2.54. The largest absolute Gasteiger partial charge is 0.480 e. The molecule has 6 heteroatoms. The van der Waals surface area contributed by atoms with Crippen LogP contribution in [-0.2, 0) is 14.3 Å². The number of rotatable bonds is 9. The molecular formula is C10H22N2O4. The van der Waals surface area contributed by atoms with Crippen molar-refractivity contribution in [2.24, 2.45) is 5.73 Å². The van der Waals surface area contributed by atoms with E-state index in [2.05, 4.69) is 0 Å². The summed E-state index contributed by atoms with van der Waals surface area (Å²) in [7, 11) is 3.21. The highest BCUT2D eigenvalue weighted by Crippen LogP contribution is 2.03. The molecule has 0 aliphatic rings. The van der Waals surface area contributed by atoms with E-state index in [0.717, 1.165) is 0 Å². The van der Waals surface area contributed by atoms with Gasteiger partial charge in [0.25, 0.3) is 0 Å². The van der Waals surface area contributed by atoms with Crippen LogP contribution in [0.5, 0.6) is 0 Å². The van der Waals surface area contributed by atoms with Crippen LogP contribution in [0, 0.1) is 0 Å². The van der Waals surface area contributed by atoms with Crippen LogP contribution in [-0.4, -0.2) is 68.6 Å². The van der Waals surface area contributed by atoms with E-state index in [1.165, 1.54) is 6.92 Å². The molecule has 0 amide bonds. The van der Waals surface area contributed by atoms with Crippen LogP contribution in [0.4, 0.5) is 0 Å². The molecule has 1 unspecified atom stereocenters. The number of nitrogens with zero attached hydrogens (tertiary/aromatic N) is 1. The molecule has 16 heavy (non-hydrogen) atoms. The summed E-state index contributed by atoms with van der Waals surface area (Å²) in [5.41, 5.74) is 4.43. The highest BCUT2D eigenvalue weighted by Gasteiger charge is 2.30. The Labute approximate surface area is 96.3 Å². The molecule has 0 fully saturated rings. The van der Waals surface area contributed by atoms with Crippen molar-refractivity contribution in [2.75, 3.05) is 47.1 Å². The Morgan fingerprint density at radius 3 is 2.06 bits per heavy atom. The minimum absolute atomic E-state index is 0.273. The second-order valence-electron chi connectivity index (χ2n) is 3.98. The van der Waals surface area contributed by atoms with Gasteiger partial charge in [0.05, 0.1) is 13.2 Å². The van der Waals surface area contributed by atoms with Gasteiger partial charge in [-0.3, -0.25) is 9.69 Å². The molecule has 0 aromatic rings. The summed E-state index contributed by atoms with van der Waals surface area (Å²) < 4.78 is 9.91. The Kier molecular flexibility index (Phi) is 7.24. The predicted molar refractivity (Wildman–Crippen MR) is 60.4 cm³/mol. The molecule has 0 bridgehead atoms. The molecule has 0 saturated heterocycles. The van der Waals surface area contributed by atoms with Gasteiger partial charge in [-0.25, -0.2) is 0 Å². The van der Waals surface area contributed by atoms with Crippen LogP contribution in [0.3, 0.4) is 0 Å². The summed E-state index contributed by atoms with van der Waals surface area (Å²) in [5.74, 6) is -1.01. The summed E-state index contributed by atoms with van der Waals surface area (Å²) in [6.45, 7) is 4.13. The van der Waals surface area contributed by atoms with Crippen molar-refractivity contribution >= 4 is 5.97 Å². The van der Waals surface area contributed by atoms with Gasteiger partial charge in [-0.2, -0.15) is 0 Å². The number of ether oxygens (including phenoxy) is 2. The number of methoxy groups -OCH3 is 2. The number of carbonyl (C=O) groups is 1. The molecule has 0 aliphatic carbocycles. The van der Waals surface area contributed by atoms with E-state index in [1.54, 1.807) is 14.2 Å². The average molecular weight is 234 g/mol. The lowest BCUT2D eigenvalue weighted by atomic mass is 10.0. The van der Waals surface area contributed by atoms with Crippen LogP contribution in [0.1, 0.15) is 6.92 Å². The molecule has 96 valence electrons. The standard InChI is InChI=1S/C10H22N2O4/c1-10(11,9(13)14)8-12(4-6-15-2)5-7-16-3/h4-8,11H2,1-3H3,(H,13,14). The van der Waals surface area contributed by atoms with Gasteiger partial charge in [0, 0.05) is 33.9 Å². The maximum atomic E-state index is 10.9. The summed E-state index contributed by atoms with van der Waals surface area (Å²) in [6, 6.07) is 0. The third kappa shape index (κ3) is 6.02. The van der Waals surface area contributed by atoms with Gasteiger partial charge < -0.3 is 20.3 Å². The number of hydrogen-bond acceptors (Lipinski definition) is 5. The first-order valence-corrected chi connectivity index (χ1v) is 5.16. The van der Waals surface area contributed by atoms with Crippen LogP contribution in [0.25, 0.3) is 0 Å². The van der Waals surface area contributed by atoms with Crippen molar-refractivity contribution in [3.63, 3.8) is 0 Å². The van der Waals surface area contributed by atoms with E-state index in [9.17, 15) is 4.79 Å². The molecule has 0 radical (unpaired) electrons. The molecule has 0 rings (SSSR count). The Hall–Kier alpha value is -0.690. The first kappa shape index (κ1) is 15.3. The first-order chi connectivity index (χ1) is 7.44. The number of nitrogens with two attached hydrogens (primary N) is 1. The second-order valence-corrected chi connectivity index (χ2v) is 3.98. The van der Waals surface area contributed by atoms with E-state index in [4.69, 9.17) is 20.3 Å². The van der Waals surface area contributed by atoms with E-state index < -0.39 is 11.5 Å². The SMILES string of the molecule is COCCN(CCOC)CC(C)(N)C(=O)O. The maximum Gasteiger partial charge on any atom is 0.324 e. The van der Waals surface area contributed by atoms with E-state index >= 15 is 0 Å². The molecule has 0 spiro atoms. The molecule has 0 aromatic carbocycles. The smallest absolute Gasteiger partial charge is 0.324 e. The Morgan fingerprint density at radius 1 is 1.31 bits per heavy atom. The minimum Gasteiger partial charge on any atom is -0.480 e. The monoisotopic (exact) mass is 234 g/mol. The van der Waals surface area contributed by atoms with Gasteiger partial charge in [-0.15, -0.1) is 0 Å². The summed E-state index contributed by atoms with van der Waals surface area (Å²) in [6.07, 6.45) is 0. The van der Waals surface area contributed by atoms with E-state index in [-0.39, 0.29) is 6.54 Å². The molecule has 3 N–H and O–H groups in total. The fourth-order valence-electron chi connectivity index (χ4n) is 1.24. The summed E-state index contributed by atoms with van der Waals surface area (Å²) in [5, 5.41) is 8.93. The average Bonchev–Trinajstić information content (AvgIpc) is 2.21. The van der Waals surface area contributed by atoms with Crippen molar-refractivity contribution < 1.29 is 19.4 Å². The predicted octanol–water partition coefficient (Wildman–Crippen LogP) is -0.617. The maximum absolute atomic E-state index is 10.9. The van der Waals surface area contributed by atoms with Crippen LogP contribution in [0.15, 0.2) is 0 Å². The quantitative estimate of drug-likeness (QED) is 0.553. The Morgan fingerprint density at radius 2 is 1.75 bits per heavy atom. The first-order valence-electron chi connectivity index (χ1n) is 5.16. The molecule has 0 heterocycles. The zero-order valence-electron chi connectivity index (χ0n) is 10.2. The van der Waals surface area contributed by atoms with Crippen molar-refractivity contribution in [3.05, 3.63) is 0 Å². The highest BCUT2D eigenvalue weighted by atomic mass is 16.5. The Bertz CT molecular complexity index is 201. The van der Waals surface area contributed by atoms with Crippen LogP contribution in [0.2, 0.25) is 0 Å². The fraction of sp³-hybridized carbons (Fsp3) is 0.900. The number of hydrogen-bond donors (Lipinski definition) is 2. The third-order valence-electron chi connectivity index (χ3n) is 2.26. The normalized spacial score (nSPS) is 15.1. The highest BCUT2D eigenvalue weighted by molar-refractivity contribution is 5.78. The van der Waals surface area contributed by atoms with Gasteiger partial charge >= 0.3 is 5.97 Å². The second kappa shape index (κ2) is 7.56. The number of carboxylic acids is 1. The van der Waals surface area contributed by atoms with E-state index in [0.29, 0.717) is 26.3 Å². The summed E-state index contributed by atoms with van der Waals surface area (Å²) >= 11 is 0. The minimum atomic E-state index is -1.25. The zero-order valence-corrected chi connectivity index (χ0v) is 10.2. The molecule has 1 atom stereocenters. The third-order valence-corrected chi connectivity index (χ3v) is 2.26. The zero-order chi connectivity index (χ0) is 12.6. The van der Waals surface area contributed by atoms with Crippen LogP contribution < -0.4 is 5.73 Å². The van der Waals surface area contributed by atoms with Crippen molar-refractivity contribution in [1.82, 2.24) is 4.90 Å². The van der Waals surface area contributed by atoms with Crippen molar-refractivity contribution in [1.29, 1.82) is 0 Å². The van der Waals surface area contributed by atoms with Crippen LogP contribution >= 0.6 is 0 Å². The lowest BCUT2D eigenvalue weighted by molar-refractivity contribution is -0.143. The van der Waals surface area contributed by atoms with Gasteiger partial charge in [0.1, 0.15) is 5.54 Å². The molecular weight excluding hydrogens is 212 g/mol. The molecule has 0 aromatic heterocycles. The number of aliphatic carboxylic acids is 1. The topological polar surface area (TPSA) is 85.0 Å². The van der Waals surface area contributed by atoms with Crippen molar-refractivity contribution in [3.8, 4) is 0 Å². The van der Waals surface area contributed by atoms with Crippen molar-refractivity contribution in [2.45, 2.75) is 12.5 Å². The van der Waals surface area contributed by atoms with Gasteiger partial charge in [-0.05, 0) is 6.92 Å². The fourth-order valence-corrected chi connectivity index (χ4v) is 1.24. The molecule has 6 nitrogen and oxygen atoms in total. The molecule has 0 saturated carbocycles. The lowest BCUT2D eigenvalue weighted by Gasteiger charge is -2.29. The summed E-state index contributed by atoms with van der Waals surface area (Å²) in [4.78, 5) is 12.8.